The van der Waals surface area contributed by atoms with Gasteiger partial charge in [0.1, 0.15) is 11.9 Å². The van der Waals surface area contributed by atoms with Crippen molar-refractivity contribution >= 4 is 5.97 Å². The van der Waals surface area contributed by atoms with Crippen molar-refractivity contribution in [1.29, 1.82) is 0 Å². The molecule has 0 spiro atoms. The standard InChI is InChI=1S/C18H18O3/c1-12-8-7-9-13(2)17(12)21-18(20)14(3)16(19)15-10-5-4-6-11-15/h4-11,16,19H,3H2,1-2H3. The Balaban J connectivity index is 2.15. The van der Waals surface area contributed by atoms with E-state index in [1.807, 2.05) is 38.1 Å². The first-order chi connectivity index (χ1) is 10.0. The van der Waals surface area contributed by atoms with Gasteiger partial charge in [-0.3, -0.25) is 0 Å². The topological polar surface area (TPSA) is 46.5 Å². The summed E-state index contributed by atoms with van der Waals surface area (Å²) in [5.41, 5.74) is 2.36. The van der Waals surface area contributed by atoms with Crippen LogP contribution in [-0.4, -0.2) is 11.1 Å². The molecule has 0 aromatic heterocycles. The molecule has 108 valence electrons. The van der Waals surface area contributed by atoms with Crippen LogP contribution in [-0.2, 0) is 4.79 Å². The van der Waals surface area contributed by atoms with Crippen molar-refractivity contribution in [2.75, 3.05) is 0 Å². The Morgan fingerprint density at radius 2 is 1.62 bits per heavy atom. The highest BCUT2D eigenvalue weighted by atomic mass is 16.5. The summed E-state index contributed by atoms with van der Waals surface area (Å²) in [5.74, 6) is -0.104. The molecule has 0 aliphatic rings. The second-order valence-electron chi connectivity index (χ2n) is 4.95. The molecule has 0 heterocycles. The van der Waals surface area contributed by atoms with E-state index in [0.29, 0.717) is 11.3 Å². The van der Waals surface area contributed by atoms with E-state index >= 15 is 0 Å². The Labute approximate surface area is 124 Å². The minimum Gasteiger partial charge on any atom is -0.423 e. The number of hydrogen-bond acceptors (Lipinski definition) is 3. The Morgan fingerprint density at radius 1 is 1.05 bits per heavy atom. The van der Waals surface area contributed by atoms with Gasteiger partial charge in [-0.2, -0.15) is 0 Å². The van der Waals surface area contributed by atoms with Crippen molar-refractivity contribution in [3.8, 4) is 5.75 Å². The maximum absolute atomic E-state index is 12.1. The van der Waals surface area contributed by atoms with Gasteiger partial charge in [-0.1, -0.05) is 55.1 Å². The average molecular weight is 282 g/mol. The molecule has 1 N–H and O–H groups in total. The van der Waals surface area contributed by atoms with Crippen LogP contribution in [0.3, 0.4) is 0 Å². The SMILES string of the molecule is C=C(C(=O)Oc1c(C)cccc1C)C(O)c1ccccc1. The lowest BCUT2D eigenvalue weighted by molar-refractivity contribution is -0.131. The van der Waals surface area contributed by atoms with E-state index in [4.69, 9.17) is 4.74 Å². The van der Waals surface area contributed by atoms with Crippen LogP contribution in [0.4, 0.5) is 0 Å². The van der Waals surface area contributed by atoms with Gasteiger partial charge in [-0.25, -0.2) is 4.79 Å². The molecule has 21 heavy (non-hydrogen) atoms. The molecule has 2 rings (SSSR count). The minimum atomic E-state index is -1.07. The number of carbonyl (C=O) groups excluding carboxylic acids is 1. The molecule has 0 radical (unpaired) electrons. The first-order valence-electron chi connectivity index (χ1n) is 6.71. The molecule has 3 nitrogen and oxygen atoms in total. The second kappa shape index (κ2) is 6.37. The van der Waals surface area contributed by atoms with Crippen LogP contribution in [0.5, 0.6) is 5.75 Å². The van der Waals surface area contributed by atoms with E-state index < -0.39 is 12.1 Å². The third kappa shape index (κ3) is 3.38. The third-order valence-corrected chi connectivity index (χ3v) is 3.31. The van der Waals surface area contributed by atoms with Gasteiger partial charge in [0.05, 0.1) is 5.57 Å². The molecule has 1 atom stereocenters. The number of para-hydroxylation sites is 1. The fraction of sp³-hybridized carbons (Fsp3) is 0.167. The molecule has 0 amide bonds. The Bertz CT molecular complexity index is 639. The van der Waals surface area contributed by atoms with Crippen molar-refractivity contribution in [3.63, 3.8) is 0 Å². The number of aliphatic hydroxyl groups excluding tert-OH is 1. The second-order valence-corrected chi connectivity index (χ2v) is 4.95. The van der Waals surface area contributed by atoms with Gasteiger partial charge >= 0.3 is 5.97 Å². The van der Waals surface area contributed by atoms with Crippen LogP contribution >= 0.6 is 0 Å². The van der Waals surface area contributed by atoms with Crippen LogP contribution in [0.25, 0.3) is 0 Å². The van der Waals surface area contributed by atoms with Crippen LogP contribution < -0.4 is 4.74 Å². The van der Waals surface area contributed by atoms with Gasteiger partial charge in [-0.15, -0.1) is 0 Å². The van der Waals surface area contributed by atoms with Gasteiger partial charge in [-0.05, 0) is 30.5 Å². The van der Waals surface area contributed by atoms with Crippen molar-refractivity contribution < 1.29 is 14.6 Å². The summed E-state index contributed by atoms with van der Waals surface area (Å²) in [4.78, 5) is 12.1. The fourth-order valence-corrected chi connectivity index (χ4v) is 2.07. The van der Waals surface area contributed by atoms with E-state index in [9.17, 15) is 9.90 Å². The first-order valence-corrected chi connectivity index (χ1v) is 6.71. The van der Waals surface area contributed by atoms with Crippen molar-refractivity contribution in [1.82, 2.24) is 0 Å². The first kappa shape index (κ1) is 15.0. The van der Waals surface area contributed by atoms with Gasteiger partial charge in [0.25, 0.3) is 0 Å². The fourth-order valence-electron chi connectivity index (χ4n) is 2.07. The van der Waals surface area contributed by atoms with Crippen molar-refractivity contribution in [2.24, 2.45) is 0 Å². The molecular weight excluding hydrogens is 264 g/mol. The number of carbonyl (C=O) groups is 1. The van der Waals surface area contributed by atoms with Gasteiger partial charge in [0.2, 0.25) is 0 Å². The number of benzene rings is 2. The van der Waals surface area contributed by atoms with E-state index in [-0.39, 0.29) is 5.57 Å². The van der Waals surface area contributed by atoms with E-state index in [1.54, 1.807) is 24.3 Å². The number of rotatable bonds is 4. The Kier molecular flexibility index (Phi) is 4.55. The monoisotopic (exact) mass is 282 g/mol. The zero-order valence-electron chi connectivity index (χ0n) is 12.2. The molecule has 2 aromatic rings. The number of aliphatic hydroxyl groups is 1. The van der Waals surface area contributed by atoms with Crippen LogP contribution in [0.2, 0.25) is 0 Å². The zero-order valence-corrected chi connectivity index (χ0v) is 12.2. The van der Waals surface area contributed by atoms with Crippen LogP contribution in [0, 0.1) is 13.8 Å². The highest BCUT2D eigenvalue weighted by Gasteiger charge is 2.21. The normalized spacial score (nSPS) is 11.8. The molecule has 1 unspecified atom stereocenters. The molecule has 0 saturated heterocycles. The molecule has 2 aromatic carbocycles. The predicted octanol–water partition coefficient (Wildman–Crippen LogP) is 3.50. The molecule has 0 fully saturated rings. The lowest BCUT2D eigenvalue weighted by atomic mass is 10.0. The summed E-state index contributed by atoms with van der Waals surface area (Å²) in [7, 11) is 0. The molecule has 0 aliphatic carbocycles. The quantitative estimate of drug-likeness (QED) is 0.530. The minimum absolute atomic E-state index is 0.0175. The zero-order chi connectivity index (χ0) is 15.4. The maximum atomic E-state index is 12.1. The van der Waals surface area contributed by atoms with Gasteiger partial charge in [0.15, 0.2) is 0 Å². The predicted molar refractivity (Wildman–Crippen MR) is 82.1 cm³/mol. The van der Waals surface area contributed by atoms with Crippen molar-refractivity contribution in [2.45, 2.75) is 20.0 Å². The van der Waals surface area contributed by atoms with E-state index in [2.05, 4.69) is 6.58 Å². The molecule has 0 saturated carbocycles. The molecular formula is C18H18O3. The number of aryl methyl sites for hydroxylation is 2. The van der Waals surface area contributed by atoms with Crippen molar-refractivity contribution in [3.05, 3.63) is 77.4 Å². The molecule has 0 aliphatic heterocycles. The molecule has 3 heteroatoms. The molecule has 0 bridgehead atoms. The number of esters is 1. The summed E-state index contributed by atoms with van der Waals surface area (Å²) in [6.45, 7) is 7.40. The van der Waals surface area contributed by atoms with Gasteiger partial charge < -0.3 is 9.84 Å². The Morgan fingerprint density at radius 3 is 2.19 bits per heavy atom. The largest absolute Gasteiger partial charge is 0.423 e. The highest BCUT2D eigenvalue weighted by Crippen LogP contribution is 2.26. The van der Waals surface area contributed by atoms with Gasteiger partial charge in [0, 0.05) is 0 Å². The Hall–Kier alpha value is -2.39. The highest BCUT2D eigenvalue weighted by molar-refractivity contribution is 5.91. The lowest BCUT2D eigenvalue weighted by Gasteiger charge is -2.15. The lowest BCUT2D eigenvalue weighted by Crippen LogP contribution is -2.17. The summed E-state index contributed by atoms with van der Waals surface area (Å²) in [5, 5.41) is 10.2. The summed E-state index contributed by atoms with van der Waals surface area (Å²) >= 11 is 0. The third-order valence-electron chi connectivity index (χ3n) is 3.31. The smallest absolute Gasteiger partial charge is 0.341 e. The maximum Gasteiger partial charge on any atom is 0.341 e. The van der Waals surface area contributed by atoms with Crippen LogP contribution in [0.15, 0.2) is 60.7 Å². The van der Waals surface area contributed by atoms with Crippen LogP contribution in [0.1, 0.15) is 22.8 Å². The number of ether oxygens (including phenoxy) is 1. The number of hydrogen-bond donors (Lipinski definition) is 1. The summed E-state index contributed by atoms with van der Waals surface area (Å²) < 4.78 is 5.38. The summed E-state index contributed by atoms with van der Waals surface area (Å²) in [6, 6.07) is 14.5. The average Bonchev–Trinajstić information content (AvgIpc) is 2.50. The van der Waals surface area contributed by atoms with E-state index in [0.717, 1.165) is 11.1 Å². The summed E-state index contributed by atoms with van der Waals surface area (Å²) in [6.07, 6.45) is -1.07. The van der Waals surface area contributed by atoms with E-state index in [1.165, 1.54) is 0 Å².